The number of nitrogens with one attached hydrogen (secondary N) is 1. The zero-order valence-corrected chi connectivity index (χ0v) is 12.5. The largest absolute Gasteiger partial charge is 0.488 e. The van der Waals surface area contributed by atoms with E-state index in [9.17, 15) is 5.11 Å². The van der Waals surface area contributed by atoms with E-state index in [1.165, 1.54) is 0 Å². The van der Waals surface area contributed by atoms with Crippen molar-refractivity contribution in [2.75, 3.05) is 20.3 Å². The molecule has 0 amide bonds. The maximum Gasteiger partial charge on any atom is 0.126 e. The molecule has 0 radical (unpaired) electrons. The van der Waals surface area contributed by atoms with Crippen LogP contribution in [0.4, 0.5) is 0 Å². The van der Waals surface area contributed by atoms with Crippen LogP contribution in [0.3, 0.4) is 0 Å². The van der Waals surface area contributed by atoms with Gasteiger partial charge in [0.1, 0.15) is 18.0 Å². The predicted octanol–water partition coefficient (Wildman–Crippen LogP) is 2.24. The monoisotopic (exact) mass is 299 g/mol. The number of ether oxygens (including phenoxy) is 2. The second-order valence-corrected chi connectivity index (χ2v) is 5.53. The molecule has 0 unspecified atom stereocenters. The van der Waals surface area contributed by atoms with Gasteiger partial charge in [0.05, 0.1) is 6.61 Å². The maximum atomic E-state index is 10.4. The van der Waals surface area contributed by atoms with Gasteiger partial charge < -0.3 is 19.9 Å². The minimum absolute atomic E-state index is 0.0584. The number of aliphatic hydroxyl groups is 1. The summed E-state index contributed by atoms with van der Waals surface area (Å²) in [6.45, 7) is 1.38. The molecule has 1 saturated carbocycles. The highest BCUT2D eigenvalue weighted by molar-refractivity contribution is 6.30. The highest BCUT2D eigenvalue weighted by Crippen LogP contribution is 2.25. The second-order valence-electron chi connectivity index (χ2n) is 5.09. The molecule has 0 saturated heterocycles. The third-order valence-corrected chi connectivity index (χ3v) is 3.83. The Morgan fingerprint density at radius 3 is 3.00 bits per heavy atom. The molecule has 112 valence electrons. The number of benzene rings is 1. The topological polar surface area (TPSA) is 50.7 Å². The summed E-state index contributed by atoms with van der Waals surface area (Å²) in [5, 5.41) is 14.4. The Morgan fingerprint density at radius 1 is 1.40 bits per heavy atom. The van der Waals surface area contributed by atoms with E-state index in [0.29, 0.717) is 17.4 Å². The van der Waals surface area contributed by atoms with E-state index in [2.05, 4.69) is 5.32 Å². The van der Waals surface area contributed by atoms with Crippen molar-refractivity contribution in [1.82, 2.24) is 5.32 Å². The van der Waals surface area contributed by atoms with Crippen molar-refractivity contribution < 1.29 is 14.6 Å². The normalized spacial score (nSPS) is 26.4. The zero-order chi connectivity index (χ0) is 14.4. The minimum Gasteiger partial charge on any atom is -0.488 e. The van der Waals surface area contributed by atoms with Gasteiger partial charge in [-0.15, -0.1) is 0 Å². The van der Waals surface area contributed by atoms with Crippen LogP contribution in [0.25, 0.3) is 0 Å². The van der Waals surface area contributed by atoms with E-state index in [1.807, 2.05) is 12.1 Å². The van der Waals surface area contributed by atoms with Gasteiger partial charge in [0, 0.05) is 24.7 Å². The molecule has 5 heteroatoms. The Bertz CT molecular complexity index is 416. The predicted molar refractivity (Wildman–Crippen MR) is 79.4 cm³/mol. The van der Waals surface area contributed by atoms with Crippen LogP contribution < -0.4 is 10.1 Å². The summed E-state index contributed by atoms with van der Waals surface area (Å²) in [6, 6.07) is 7.35. The molecule has 1 aromatic rings. The fraction of sp³-hybridized carbons (Fsp3) is 0.600. The van der Waals surface area contributed by atoms with Gasteiger partial charge >= 0.3 is 0 Å². The Labute approximate surface area is 125 Å². The van der Waals surface area contributed by atoms with Crippen molar-refractivity contribution >= 4 is 11.6 Å². The molecule has 0 spiro atoms. The van der Waals surface area contributed by atoms with E-state index < -0.39 is 6.10 Å². The molecule has 0 bridgehead atoms. The van der Waals surface area contributed by atoms with Crippen LogP contribution in [-0.4, -0.2) is 43.6 Å². The summed E-state index contributed by atoms with van der Waals surface area (Å²) in [5.74, 6) is 0.707. The van der Waals surface area contributed by atoms with E-state index in [4.69, 9.17) is 21.1 Å². The molecule has 20 heavy (non-hydrogen) atoms. The van der Waals surface area contributed by atoms with Crippen LogP contribution in [0.2, 0.25) is 5.02 Å². The molecule has 3 atom stereocenters. The van der Waals surface area contributed by atoms with Gasteiger partial charge in [-0.1, -0.05) is 17.7 Å². The Balaban J connectivity index is 1.90. The van der Waals surface area contributed by atoms with Crippen LogP contribution in [0.5, 0.6) is 5.75 Å². The SMILES string of the molecule is COCCN[C@H]1CCC[C@@H](Oc2cccc(Cl)c2)[C@@H]1O. The first-order chi connectivity index (χ1) is 9.70. The lowest BCUT2D eigenvalue weighted by Crippen LogP contribution is -2.51. The minimum atomic E-state index is -0.514. The smallest absolute Gasteiger partial charge is 0.126 e. The number of aliphatic hydroxyl groups excluding tert-OH is 1. The van der Waals surface area contributed by atoms with Crippen LogP contribution in [0, 0.1) is 0 Å². The Hall–Kier alpha value is -0.810. The van der Waals surface area contributed by atoms with Gasteiger partial charge in [0.15, 0.2) is 0 Å². The van der Waals surface area contributed by atoms with Crippen molar-refractivity contribution in [3.8, 4) is 5.75 Å². The van der Waals surface area contributed by atoms with Crippen LogP contribution in [0.1, 0.15) is 19.3 Å². The first-order valence-corrected chi connectivity index (χ1v) is 7.41. The highest BCUT2D eigenvalue weighted by atomic mass is 35.5. The number of hydrogen-bond donors (Lipinski definition) is 2. The Morgan fingerprint density at radius 2 is 2.25 bits per heavy atom. The maximum absolute atomic E-state index is 10.4. The fourth-order valence-electron chi connectivity index (χ4n) is 2.55. The summed E-state index contributed by atoms with van der Waals surface area (Å²) in [4.78, 5) is 0. The van der Waals surface area contributed by atoms with Crippen LogP contribution in [-0.2, 0) is 4.74 Å². The summed E-state index contributed by atoms with van der Waals surface area (Å²) >= 11 is 5.94. The van der Waals surface area contributed by atoms with Crippen molar-refractivity contribution in [2.45, 2.75) is 37.5 Å². The third-order valence-electron chi connectivity index (χ3n) is 3.59. The van der Waals surface area contributed by atoms with Gasteiger partial charge in [-0.3, -0.25) is 0 Å². The summed E-state index contributed by atoms with van der Waals surface area (Å²) in [5.41, 5.74) is 0. The molecule has 2 N–H and O–H groups in total. The first-order valence-electron chi connectivity index (χ1n) is 7.03. The third kappa shape index (κ3) is 4.35. The van der Waals surface area contributed by atoms with Crippen molar-refractivity contribution in [3.05, 3.63) is 29.3 Å². The molecule has 1 aliphatic carbocycles. The summed E-state index contributed by atoms with van der Waals surface area (Å²) < 4.78 is 10.9. The standard InChI is InChI=1S/C15H22ClNO3/c1-19-9-8-17-13-6-3-7-14(15(13)18)20-12-5-2-4-11(16)10-12/h2,4-5,10,13-15,17-18H,3,6-9H2,1H3/t13-,14+,15+/m0/s1. The molecule has 4 nitrogen and oxygen atoms in total. The molecular formula is C15H22ClNO3. The van der Waals surface area contributed by atoms with Gasteiger partial charge in [-0.05, 0) is 37.5 Å². The number of methoxy groups -OCH3 is 1. The van der Waals surface area contributed by atoms with Gasteiger partial charge in [0.2, 0.25) is 0 Å². The lowest BCUT2D eigenvalue weighted by atomic mass is 9.90. The van der Waals surface area contributed by atoms with Gasteiger partial charge in [0.25, 0.3) is 0 Å². The van der Waals surface area contributed by atoms with Crippen molar-refractivity contribution in [3.63, 3.8) is 0 Å². The zero-order valence-electron chi connectivity index (χ0n) is 11.7. The van der Waals surface area contributed by atoms with Crippen LogP contribution >= 0.6 is 11.6 Å². The Kier molecular flexibility index (Phi) is 6.10. The summed E-state index contributed by atoms with van der Waals surface area (Å²) in [7, 11) is 1.67. The molecule has 0 aromatic heterocycles. The van der Waals surface area contributed by atoms with Crippen molar-refractivity contribution in [1.29, 1.82) is 0 Å². The molecule has 1 aliphatic rings. The molecule has 0 aliphatic heterocycles. The van der Waals surface area contributed by atoms with E-state index in [1.54, 1.807) is 19.2 Å². The molecule has 0 heterocycles. The average Bonchev–Trinajstić information content (AvgIpc) is 2.43. The van der Waals surface area contributed by atoms with E-state index in [-0.39, 0.29) is 12.1 Å². The van der Waals surface area contributed by atoms with Gasteiger partial charge in [-0.25, -0.2) is 0 Å². The number of hydrogen-bond acceptors (Lipinski definition) is 4. The average molecular weight is 300 g/mol. The second kappa shape index (κ2) is 7.84. The molecule has 1 aromatic carbocycles. The molecular weight excluding hydrogens is 278 g/mol. The molecule has 2 rings (SSSR count). The lowest BCUT2D eigenvalue weighted by molar-refractivity contribution is -0.0164. The fourth-order valence-corrected chi connectivity index (χ4v) is 2.73. The first kappa shape index (κ1) is 15.6. The van der Waals surface area contributed by atoms with Gasteiger partial charge in [-0.2, -0.15) is 0 Å². The van der Waals surface area contributed by atoms with Crippen molar-refractivity contribution in [2.24, 2.45) is 0 Å². The quantitative estimate of drug-likeness (QED) is 0.791. The van der Waals surface area contributed by atoms with Crippen LogP contribution in [0.15, 0.2) is 24.3 Å². The summed E-state index contributed by atoms with van der Waals surface area (Å²) in [6.07, 6.45) is 2.14. The number of halogens is 1. The van der Waals surface area contributed by atoms with E-state index in [0.717, 1.165) is 25.8 Å². The lowest BCUT2D eigenvalue weighted by Gasteiger charge is -2.35. The number of rotatable bonds is 6. The van der Waals surface area contributed by atoms with E-state index >= 15 is 0 Å². The molecule has 1 fully saturated rings. The highest BCUT2D eigenvalue weighted by Gasteiger charge is 2.32.